The third-order valence-corrected chi connectivity index (χ3v) is 4.53. The molecule has 0 saturated heterocycles. The van der Waals surface area contributed by atoms with E-state index in [1.165, 1.54) is 5.56 Å². The third kappa shape index (κ3) is 4.64. The van der Waals surface area contributed by atoms with Crippen molar-refractivity contribution in [2.75, 3.05) is 30.4 Å². The van der Waals surface area contributed by atoms with Crippen LogP contribution in [0.2, 0.25) is 5.02 Å². The summed E-state index contributed by atoms with van der Waals surface area (Å²) in [5, 5.41) is 7.34. The molecule has 0 aliphatic carbocycles. The highest BCUT2D eigenvalue weighted by Gasteiger charge is 2.12. The molecule has 0 unspecified atom stereocenters. The second-order valence-corrected chi connectivity index (χ2v) is 6.94. The highest BCUT2D eigenvalue weighted by Crippen LogP contribution is 2.33. The third-order valence-electron chi connectivity index (χ3n) is 4.28. The summed E-state index contributed by atoms with van der Waals surface area (Å²) in [6, 6.07) is 15.5. The second-order valence-electron chi connectivity index (χ2n) is 6.50. The zero-order chi connectivity index (χ0) is 19.3. The van der Waals surface area contributed by atoms with Gasteiger partial charge in [0.15, 0.2) is 11.5 Å². The van der Waals surface area contributed by atoms with Crippen molar-refractivity contribution < 1.29 is 9.47 Å². The predicted octanol–water partition coefficient (Wildman–Crippen LogP) is 4.61. The van der Waals surface area contributed by atoms with Gasteiger partial charge in [-0.1, -0.05) is 23.7 Å². The molecule has 6 nitrogen and oxygen atoms in total. The van der Waals surface area contributed by atoms with E-state index in [1.54, 1.807) is 0 Å². The van der Waals surface area contributed by atoms with E-state index >= 15 is 0 Å². The van der Waals surface area contributed by atoms with Crippen LogP contribution in [0.1, 0.15) is 11.3 Å². The molecule has 0 fully saturated rings. The van der Waals surface area contributed by atoms with Crippen LogP contribution in [0.3, 0.4) is 0 Å². The number of ether oxygens (including phenoxy) is 2. The number of rotatable bonds is 6. The van der Waals surface area contributed by atoms with Crippen molar-refractivity contribution in [3.63, 3.8) is 0 Å². The van der Waals surface area contributed by atoms with Crippen molar-refractivity contribution in [1.82, 2.24) is 9.97 Å². The fraction of sp³-hybridized carbons (Fsp3) is 0.238. The first-order chi connectivity index (χ1) is 13.7. The Kier molecular flexibility index (Phi) is 5.48. The standard InChI is InChI=1S/C21H21ClN4O2/c1-14-12-20(25-17-6-7-18-19(13-17)28-11-10-27-18)26-21(24-14)23-9-8-15-2-4-16(22)5-3-15/h2-7,12-13H,8-11H2,1H3,(H2,23,24,25,26). The van der Waals surface area contributed by atoms with Crippen LogP contribution in [0.4, 0.5) is 17.5 Å². The second kappa shape index (κ2) is 8.35. The van der Waals surface area contributed by atoms with Crippen LogP contribution < -0.4 is 20.1 Å². The van der Waals surface area contributed by atoms with Crippen molar-refractivity contribution in [3.05, 3.63) is 64.8 Å². The molecule has 0 spiro atoms. The number of anilines is 3. The van der Waals surface area contributed by atoms with Gasteiger partial charge in [0.1, 0.15) is 19.0 Å². The van der Waals surface area contributed by atoms with E-state index in [0.717, 1.165) is 46.7 Å². The van der Waals surface area contributed by atoms with E-state index in [1.807, 2.05) is 55.5 Å². The SMILES string of the molecule is Cc1cc(Nc2ccc3c(c2)OCCO3)nc(NCCc2ccc(Cl)cc2)n1. The lowest BCUT2D eigenvalue weighted by atomic mass is 10.1. The molecular formula is C21H21ClN4O2. The van der Waals surface area contributed by atoms with E-state index in [9.17, 15) is 0 Å². The number of nitrogens with zero attached hydrogens (tertiary/aromatic N) is 2. The lowest BCUT2D eigenvalue weighted by molar-refractivity contribution is 0.171. The predicted molar refractivity (Wildman–Crippen MR) is 111 cm³/mol. The molecule has 3 aromatic rings. The van der Waals surface area contributed by atoms with Gasteiger partial charge in [0.2, 0.25) is 5.95 Å². The summed E-state index contributed by atoms with van der Waals surface area (Å²) >= 11 is 5.92. The largest absolute Gasteiger partial charge is 0.486 e. The van der Waals surface area contributed by atoms with E-state index < -0.39 is 0 Å². The smallest absolute Gasteiger partial charge is 0.224 e. The Labute approximate surface area is 168 Å². The molecule has 0 amide bonds. The van der Waals surface area contributed by atoms with Crippen molar-refractivity contribution >= 4 is 29.1 Å². The zero-order valence-corrected chi connectivity index (χ0v) is 16.3. The minimum absolute atomic E-state index is 0.560. The van der Waals surface area contributed by atoms with Crippen LogP contribution >= 0.6 is 11.6 Å². The minimum Gasteiger partial charge on any atom is -0.486 e. The number of aryl methyl sites for hydroxylation is 1. The summed E-state index contributed by atoms with van der Waals surface area (Å²) in [5.41, 5.74) is 2.97. The fourth-order valence-electron chi connectivity index (χ4n) is 2.95. The lowest BCUT2D eigenvalue weighted by Crippen LogP contribution is -2.15. The van der Waals surface area contributed by atoms with Crippen molar-refractivity contribution in [1.29, 1.82) is 0 Å². The molecule has 2 heterocycles. The molecule has 1 aliphatic heterocycles. The van der Waals surface area contributed by atoms with Crippen LogP contribution in [0.15, 0.2) is 48.5 Å². The van der Waals surface area contributed by atoms with E-state index in [2.05, 4.69) is 20.6 Å². The number of aromatic nitrogens is 2. The Bertz CT molecular complexity index is 963. The summed E-state index contributed by atoms with van der Waals surface area (Å²) in [6.45, 7) is 3.82. The molecule has 28 heavy (non-hydrogen) atoms. The van der Waals surface area contributed by atoms with E-state index in [-0.39, 0.29) is 0 Å². The molecule has 0 radical (unpaired) electrons. The minimum atomic E-state index is 0.560. The lowest BCUT2D eigenvalue weighted by Gasteiger charge is -2.19. The number of hydrogen-bond acceptors (Lipinski definition) is 6. The van der Waals surface area contributed by atoms with Gasteiger partial charge in [0.05, 0.1) is 0 Å². The molecule has 7 heteroatoms. The van der Waals surface area contributed by atoms with E-state index in [4.69, 9.17) is 21.1 Å². The molecule has 2 N–H and O–H groups in total. The topological polar surface area (TPSA) is 68.3 Å². The number of benzene rings is 2. The molecule has 4 rings (SSSR count). The first kappa shape index (κ1) is 18.4. The molecule has 0 atom stereocenters. The Morgan fingerprint density at radius 1 is 0.964 bits per heavy atom. The molecular weight excluding hydrogens is 376 g/mol. The summed E-state index contributed by atoms with van der Waals surface area (Å²) in [7, 11) is 0. The van der Waals surface area contributed by atoms with Crippen LogP contribution in [-0.2, 0) is 6.42 Å². The summed E-state index contributed by atoms with van der Waals surface area (Å²) in [5.74, 6) is 2.82. The van der Waals surface area contributed by atoms with E-state index in [0.29, 0.717) is 19.2 Å². The van der Waals surface area contributed by atoms with Gasteiger partial charge in [-0.05, 0) is 43.2 Å². The van der Waals surface area contributed by atoms with Crippen LogP contribution in [0, 0.1) is 6.92 Å². The Morgan fingerprint density at radius 2 is 1.75 bits per heavy atom. The summed E-state index contributed by atoms with van der Waals surface area (Å²) < 4.78 is 11.2. The van der Waals surface area contributed by atoms with Crippen molar-refractivity contribution in [2.45, 2.75) is 13.3 Å². The monoisotopic (exact) mass is 396 g/mol. The zero-order valence-electron chi connectivity index (χ0n) is 15.5. The molecule has 2 aromatic carbocycles. The van der Waals surface area contributed by atoms with Gasteiger partial charge in [-0.15, -0.1) is 0 Å². The maximum absolute atomic E-state index is 5.92. The molecule has 0 bridgehead atoms. The van der Waals surface area contributed by atoms with Crippen molar-refractivity contribution in [3.8, 4) is 11.5 Å². The number of halogens is 1. The van der Waals surface area contributed by atoms with Crippen LogP contribution in [0.25, 0.3) is 0 Å². The maximum Gasteiger partial charge on any atom is 0.224 e. The quantitative estimate of drug-likeness (QED) is 0.634. The normalized spacial score (nSPS) is 12.5. The first-order valence-corrected chi connectivity index (χ1v) is 9.54. The molecule has 1 aromatic heterocycles. The highest BCUT2D eigenvalue weighted by molar-refractivity contribution is 6.30. The highest BCUT2D eigenvalue weighted by atomic mass is 35.5. The van der Waals surface area contributed by atoms with Gasteiger partial charge < -0.3 is 20.1 Å². The maximum atomic E-state index is 5.92. The van der Waals surface area contributed by atoms with Gasteiger partial charge in [0.25, 0.3) is 0 Å². The Balaban J connectivity index is 1.41. The summed E-state index contributed by atoms with van der Waals surface area (Å²) in [4.78, 5) is 9.02. The molecule has 144 valence electrons. The van der Waals surface area contributed by atoms with Gasteiger partial charge in [-0.2, -0.15) is 4.98 Å². The molecule has 0 saturated carbocycles. The first-order valence-electron chi connectivity index (χ1n) is 9.16. The number of fused-ring (bicyclic) bond motifs is 1. The molecule has 1 aliphatic rings. The van der Waals surface area contributed by atoms with Crippen LogP contribution in [0.5, 0.6) is 11.5 Å². The van der Waals surface area contributed by atoms with Crippen molar-refractivity contribution in [2.24, 2.45) is 0 Å². The number of nitrogens with one attached hydrogen (secondary N) is 2. The van der Waals surface area contributed by atoms with Gasteiger partial charge in [-0.25, -0.2) is 4.98 Å². The van der Waals surface area contributed by atoms with Crippen LogP contribution in [-0.4, -0.2) is 29.7 Å². The Morgan fingerprint density at radius 3 is 2.57 bits per heavy atom. The van der Waals surface area contributed by atoms with Gasteiger partial charge in [-0.3, -0.25) is 0 Å². The number of hydrogen-bond donors (Lipinski definition) is 2. The fourth-order valence-corrected chi connectivity index (χ4v) is 3.08. The average Bonchev–Trinajstić information content (AvgIpc) is 2.69. The average molecular weight is 397 g/mol. The van der Waals surface area contributed by atoms with Gasteiger partial charge >= 0.3 is 0 Å². The van der Waals surface area contributed by atoms with Gasteiger partial charge in [0, 0.05) is 35.1 Å². The summed E-state index contributed by atoms with van der Waals surface area (Å²) in [6.07, 6.45) is 0.861. The Hall–Kier alpha value is -2.99.